The minimum absolute atomic E-state index is 0.0305. The lowest BCUT2D eigenvalue weighted by atomic mass is 9.81. The van der Waals surface area contributed by atoms with Gasteiger partial charge in [-0.15, -0.1) is 18.3 Å². The summed E-state index contributed by atoms with van der Waals surface area (Å²) in [6, 6.07) is 9.90. The molecular weight excluding hydrogens is 1450 g/mol. The van der Waals surface area contributed by atoms with E-state index in [0.29, 0.717) is 161 Å². The first-order chi connectivity index (χ1) is 53.9. The molecule has 3 aromatic rings. The van der Waals surface area contributed by atoms with Crippen LogP contribution in [-0.2, 0) is 62.2 Å². The van der Waals surface area contributed by atoms with Gasteiger partial charge in [0.15, 0.2) is 0 Å². The Hall–Kier alpha value is -4.36. The second-order valence-electron chi connectivity index (χ2n) is 30.9. The van der Waals surface area contributed by atoms with Crippen molar-refractivity contribution in [3.05, 3.63) is 59.3 Å². The number of nitrogens with zero attached hydrogens (tertiary/aromatic N) is 7. The van der Waals surface area contributed by atoms with Crippen molar-refractivity contribution < 1.29 is 111 Å². The van der Waals surface area contributed by atoms with Gasteiger partial charge < -0.3 is 93.3 Å². The Morgan fingerprint density at radius 1 is 0.559 bits per heavy atom. The number of aromatic nitrogens is 3. The summed E-state index contributed by atoms with van der Waals surface area (Å²) < 4.78 is 101. The Kier molecular flexibility index (Phi) is 42.9. The maximum absolute atomic E-state index is 13.9. The molecule has 0 bridgehead atoms. The summed E-state index contributed by atoms with van der Waals surface area (Å²) in [6.07, 6.45) is 14.5. The third-order valence-electron chi connectivity index (χ3n) is 22.6. The molecule has 0 amide bonds. The number of benzene rings is 2. The number of aryl methyl sites for hydroxylation is 2. The van der Waals surface area contributed by atoms with E-state index < -0.39 is 67.0 Å². The topological polar surface area (TPSA) is 335 Å². The highest BCUT2D eigenvalue weighted by Gasteiger charge is 2.43. The number of aliphatic hydroxyl groups excluding tert-OH is 8. The number of hydrogen-bond donors (Lipinski definition) is 9. The normalized spacial score (nSPS) is 23.0. The number of fused-ring (bicyclic) bond motifs is 1. The van der Waals surface area contributed by atoms with Crippen LogP contribution in [0.25, 0.3) is 11.3 Å². The predicted molar refractivity (Wildman–Crippen MR) is 409 cm³/mol. The van der Waals surface area contributed by atoms with Crippen LogP contribution >= 0.6 is 0 Å². The molecule has 5 aliphatic rings. The molecule has 4 aliphatic heterocycles. The zero-order valence-corrected chi connectivity index (χ0v) is 65.9. The van der Waals surface area contributed by atoms with E-state index in [1.165, 1.54) is 83.1 Å². The number of piperidine rings is 3. The Morgan fingerprint density at radius 3 is 1.50 bits per heavy atom. The van der Waals surface area contributed by atoms with Crippen molar-refractivity contribution in [1.29, 1.82) is 0 Å². The van der Waals surface area contributed by atoms with E-state index in [1.54, 1.807) is 39.7 Å². The lowest BCUT2D eigenvalue weighted by Gasteiger charge is -2.43. The van der Waals surface area contributed by atoms with Crippen LogP contribution in [0, 0.1) is 17.8 Å². The summed E-state index contributed by atoms with van der Waals surface area (Å²) in [5, 5.41) is 98.0. The van der Waals surface area contributed by atoms with Crippen molar-refractivity contribution in [1.82, 2.24) is 34.6 Å². The summed E-state index contributed by atoms with van der Waals surface area (Å²) >= 11 is 0. The molecule has 1 aliphatic carbocycles. The molecule has 5 heterocycles. The number of carboxylic acids is 1. The number of carbonyl (C=O) groups is 1. The molecule has 1 saturated carbocycles. The second-order valence-corrected chi connectivity index (χ2v) is 30.9. The fourth-order valence-corrected chi connectivity index (χ4v) is 15.8. The Morgan fingerprint density at radius 2 is 1.03 bits per heavy atom. The maximum Gasteiger partial charge on any atom is 0.573 e. The number of ether oxygens (including phenoxy) is 10. The number of halogens is 3. The zero-order chi connectivity index (χ0) is 79.0. The van der Waals surface area contributed by atoms with Crippen LogP contribution < -0.4 is 9.47 Å². The Labute approximate surface area is 655 Å². The number of aliphatic carboxylic acids is 1. The van der Waals surface area contributed by atoms with Crippen LogP contribution in [0.2, 0.25) is 0 Å². The highest BCUT2D eigenvalue weighted by molar-refractivity contribution is 5.71. The molecule has 1 aromatic heterocycles. The van der Waals surface area contributed by atoms with Gasteiger partial charge in [0.2, 0.25) is 0 Å². The van der Waals surface area contributed by atoms with E-state index in [-0.39, 0.29) is 44.1 Å². The van der Waals surface area contributed by atoms with Gasteiger partial charge in [0.25, 0.3) is 0 Å². The van der Waals surface area contributed by atoms with E-state index >= 15 is 0 Å². The highest BCUT2D eigenvalue weighted by Crippen LogP contribution is 2.48. The van der Waals surface area contributed by atoms with Crippen molar-refractivity contribution in [2.75, 3.05) is 178 Å². The smallest absolute Gasteiger partial charge is 0.490 e. The molecule has 30 heteroatoms. The van der Waals surface area contributed by atoms with E-state index in [2.05, 4.69) is 43.0 Å². The maximum atomic E-state index is 13.9. The number of unbranched alkanes of at least 4 members (excludes halogenated alkanes) is 15. The van der Waals surface area contributed by atoms with Gasteiger partial charge in [0.05, 0.1) is 155 Å². The summed E-state index contributed by atoms with van der Waals surface area (Å²) in [5.41, 5.74) is 3.68. The van der Waals surface area contributed by atoms with Crippen LogP contribution in [0.15, 0.2) is 42.6 Å². The van der Waals surface area contributed by atoms with E-state index in [1.807, 2.05) is 0 Å². The van der Waals surface area contributed by atoms with Gasteiger partial charge in [-0.3, -0.25) is 29.1 Å². The van der Waals surface area contributed by atoms with Gasteiger partial charge >= 0.3 is 12.3 Å². The summed E-state index contributed by atoms with van der Waals surface area (Å²) in [5.74, 6) is 0.0575. The Bertz CT molecular complexity index is 2910. The minimum atomic E-state index is -4.86. The lowest BCUT2D eigenvalue weighted by Crippen LogP contribution is -2.62. The van der Waals surface area contributed by atoms with Crippen molar-refractivity contribution >= 4 is 5.97 Å². The third kappa shape index (κ3) is 33.3. The number of β-amino-alcohol motifs (C(OH)–C–C–N with tert-alkyl or cyclic N) is 2. The standard InChI is InChI=1S/C81H134F3N7O20/c1-60(80(100)101)75(63-19-20-63)65-22-18-61-24-25-72(110-73(61)53-65)62-26-30-88(31-27-62)54-66-23-21-64(52-74(66)111-81(82,83)84)67-55-91(86-85-67)29-17-15-13-11-9-7-5-3-2-4-6-8-10-12-14-16-28-87(32-36-102-40-44-106-48-50-108-46-42-104-38-34-89-56-70(94)78(98)76(96)68(89)58-92)33-37-103-41-45-107-49-51-109-47-43-105-39-35-90-57-71(95)79(99)77(97)69(90)59-93/h18,21-23,52-53,55,60,62-63,68-72,75-79,92-99H,2-17,19-20,24-51,54,56-59H2,1H3,(H,100,101)/t60-,68+,69+,70-,71-,72-,75-,76+,77+,78+,79+/m0/s1. The SMILES string of the molecule is C[C@H](C(=O)O)[C@H](c1ccc2c(c1)O[C@H](C1CCN(Cc3ccc(-c4cn(CCCCCCCCCCCCCCCCCCN(CCOCCOCCOCCOCCN5C[C@H](O)[C@@H](O)[C@H](O)[C@H]5CO)CCOCCOCCOCCOCCN5C[C@H](O)[C@@H](O)[C@H](O)[C@H]5CO)nn4)cc3OC(F)(F)F)CC1)CC2)C1CC1. The van der Waals surface area contributed by atoms with Crippen LogP contribution in [0.5, 0.6) is 11.5 Å². The first kappa shape index (κ1) is 92.2. The summed E-state index contributed by atoms with van der Waals surface area (Å²) in [6.45, 7) is 13.8. The van der Waals surface area contributed by atoms with Gasteiger partial charge in [-0.25, -0.2) is 0 Å². The van der Waals surface area contributed by atoms with Gasteiger partial charge in [0.1, 0.15) is 47.7 Å². The number of hydrogen-bond acceptors (Lipinski definition) is 25. The third-order valence-corrected chi connectivity index (χ3v) is 22.6. The largest absolute Gasteiger partial charge is 0.573 e. The van der Waals surface area contributed by atoms with Crippen LogP contribution in [0.1, 0.15) is 164 Å². The number of alkyl halides is 3. The molecule has 111 heavy (non-hydrogen) atoms. The van der Waals surface area contributed by atoms with Crippen molar-refractivity contribution in [2.45, 2.75) is 228 Å². The molecular formula is C81H134F3N7O20. The summed E-state index contributed by atoms with van der Waals surface area (Å²) in [4.78, 5) is 20.0. The van der Waals surface area contributed by atoms with E-state index in [9.17, 15) is 63.9 Å². The monoisotopic (exact) mass is 1580 g/mol. The number of likely N-dealkylation sites (tertiary alicyclic amines) is 3. The molecule has 2 aromatic carbocycles. The molecule has 0 unspecified atom stereocenters. The predicted octanol–water partition coefficient (Wildman–Crippen LogP) is 6.86. The van der Waals surface area contributed by atoms with E-state index in [0.717, 1.165) is 114 Å². The minimum Gasteiger partial charge on any atom is -0.490 e. The second kappa shape index (κ2) is 51.7. The zero-order valence-electron chi connectivity index (χ0n) is 65.9. The molecule has 634 valence electrons. The molecule has 27 nitrogen and oxygen atoms in total. The number of aliphatic hydroxyl groups is 8. The van der Waals surface area contributed by atoms with Gasteiger partial charge in [0, 0.05) is 63.5 Å². The van der Waals surface area contributed by atoms with Gasteiger partial charge in [-0.1, -0.05) is 126 Å². The van der Waals surface area contributed by atoms with Crippen LogP contribution in [-0.4, -0.2) is 326 Å². The molecule has 3 saturated heterocycles. The molecule has 0 spiro atoms. The van der Waals surface area contributed by atoms with Gasteiger partial charge in [-0.2, -0.15) is 0 Å². The molecule has 8 rings (SSSR count). The highest BCUT2D eigenvalue weighted by atomic mass is 19.4. The first-order valence-corrected chi connectivity index (χ1v) is 41.6. The number of rotatable bonds is 60. The average molecular weight is 1580 g/mol. The van der Waals surface area contributed by atoms with Crippen LogP contribution in [0.4, 0.5) is 13.2 Å². The Balaban J connectivity index is 0.617. The van der Waals surface area contributed by atoms with Crippen molar-refractivity contribution in [3.63, 3.8) is 0 Å². The summed E-state index contributed by atoms with van der Waals surface area (Å²) in [7, 11) is 0. The average Bonchev–Trinajstić information content (AvgIpc) is 1.71. The quantitative estimate of drug-likeness (QED) is 0.0261. The molecule has 4 fully saturated rings. The van der Waals surface area contributed by atoms with Crippen molar-refractivity contribution in [2.24, 2.45) is 17.8 Å². The van der Waals surface area contributed by atoms with Crippen LogP contribution in [0.3, 0.4) is 0 Å². The molecule has 0 radical (unpaired) electrons. The lowest BCUT2D eigenvalue weighted by molar-refractivity contribution is -0.275. The van der Waals surface area contributed by atoms with Gasteiger partial charge in [-0.05, 0) is 112 Å². The number of carboxylic acid groups (broad SMARTS) is 1. The van der Waals surface area contributed by atoms with Crippen molar-refractivity contribution in [3.8, 4) is 22.8 Å². The van der Waals surface area contributed by atoms with E-state index in [4.69, 9.17) is 42.6 Å². The molecule has 9 N–H and O–H groups in total. The molecule has 11 atom stereocenters. The fourth-order valence-electron chi connectivity index (χ4n) is 15.8. The fraction of sp³-hybridized carbons (Fsp3) is 0.815. The first-order valence-electron chi connectivity index (χ1n) is 41.6.